The van der Waals surface area contributed by atoms with Gasteiger partial charge in [-0.3, -0.25) is 19.4 Å². The number of rotatable bonds is 5. The van der Waals surface area contributed by atoms with E-state index in [0.29, 0.717) is 11.4 Å². The number of carbonyl (C=O) groups excluding carboxylic acids is 2. The Morgan fingerprint density at radius 1 is 1.10 bits per heavy atom. The number of ether oxygens (including phenoxy) is 1. The van der Waals surface area contributed by atoms with Crippen LogP contribution < -0.4 is 15.0 Å². The zero-order valence-corrected chi connectivity index (χ0v) is 18.6. The molecule has 0 radical (unpaired) electrons. The molecule has 4 rings (SSSR count). The van der Waals surface area contributed by atoms with Crippen LogP contribution in [-0.2, 0) is 22.6 Å². The Morgan fingerprint density at radius 3 is 2.58 bits per heavy atom. The fraction of sp³-hybridized carbons (Fsp3) is 0.440. The SMILES string of the molecule is CC(C)(C)[C@@H](CN1CCc2ccccc2C1)NC(=O)CN1C(=O)COc2ccccc21. The normalized spacial score (nSPS) is 17.4. The number of carbonyl (C=O) groups is 2. The molecule has 0 unspecified atom stereocenters. The molecule has 2 aromatic rings. The van der Waals surface area contributed by atoms with E-state index in [9.17, 15) is 9.59 Å². The highest BCUT2D eigenvalue weighted by molar-refractivity contribution is 6.02. The summed E-state index contributed by atoms with van der Waals surface area (Å²) in [6, 6.07) is 15.9. The molecular formula is C25H31N3O3. The van der Waals surface area contributed by atoms with Gasteiger partial charge >= 0.3 is 0 Å². The van der Waals surface area contributed by atoms with Crippen LogP contribution in [0.4, 0.5) is 5.69 Å². The van der Waals surface area contributed by atoms with E-state index in [1.165, 1.54) is 16.0 Å². The number of benzene rings is 2. The molecule has 2 aromatic carbocycles. The summed E-state index contributed by atoms with van der Waals surface area (Å²) in [5, 5.41) is 3.21. The topological polar surface area (TPSA) is 61.9 Å². The van der Waals surface area contributed by atoms with Crippen molar-refractivity contribution in [1.29, 1.82) is 0 Å². The Labute approximate surface area is 184 Å². The van der Waals surface area contributed by atoms with Crippen LogP contribution in [0.1, 0.15) is 31.9 Å². The third-order valence-corrected chi connectivity index (χ3v) is 6.14. The first-order valence-electron chi connectivity index (χ1n) is 10.9. The van der Waals surface area contributed by atoms with Gasteiger partial charge in [0.05, 0.1) is 5.69 Å². The molecule has 0 aliphatic carbocycles. The number of para-hydroxylation sites is 2. The van der Waals surface area contributed by atoms with Crippen molar-refractivity contribution in [1.82, 2.24) is 10.2 Å². The second kappa shape index (κ2) is 8.71. The van der Waals surface area contributed by atoms with Gasteiger partial charge in [0.1, 0.15) is 12.3 Å². The minimum absolute atomic E-state index is 0.00534. The van der Waals surface area contributed by atoms with Gasteiger partial charge in [-0.1, -0.05) is 57.2 Å². The average Bonchev–Trinajstić information content (AvgIpc) is 2.74. The van der Waals surface area contributed by atoms with Gasteiger partial charge in [-0.25, -0.2) is 0 Å². The van der Waals surface area contributed by atoms with Gasteiger partial charge < -0.3 is 10.1 Å². The quantitative estimate of drug-likeness (QED) is 0.806. The summed E-state index contributed by atoms with van der Waals surface area (Å²) in [6.07, 6.45) is 1.03. The van der Waals surface area contributed by atoms with Crippen LogP contribution in [0.5, 0.6) is 5.75 Å². The second-order valence-electron chi connectivity index (χ2n) is 9.48. The maximum atomic E-state index is 13.0. The molecule has 31 heavy (non-hydrogen) atoms. The molecule has 164 valence electrons. The first-order valence-corrected chi connectivity index (χ1v) is 10.9. The van der Waals surface area contributed by atoms with E-state index in [-0.39, 0.29) is 36.4 Å². The van der Waals surface area contributed by atoms with Crippen molar-refractivity contribution in [2.45, 2.75) is 39.8 Å². The van der Waals surface area contributed by atoms with E-state index in [1.807, 2.05) is 24.3 Å². The summed E-state index contributed by atoms with van der Waals surface area (Å²) >= 11 is 0. The molecule has 1 atom stereocenters. The van der Waals surface area contributed by atoms with Crippen molar-refractivity contribution in [3.8, 4) is 5.75 Å². The van der Waals surface area contributed by atoms with Crippen LogP contribution >= 0.6 is 0 Å². The minimum atomic E-state index is -0.200. The Morgan fingerprint density at radius 2 is 1.81 bits per heavy atom. The average molecular weight is 422 g/mol. The van der Waals surface area contributed by atoms with Crippen molar-refractivity contribution in [2.24, 2.45) is 5.41 Å². The molecule has 2 amide bonds. The van der Waals surface area contributed by atoms with Gasteiger partial charge in [-0.2, -0.15) is 0 Å². The number of hydrogen-bond donors (Lipinski definition) is 1. The van der Waals surface area contributed by atoms with Crippen molar-refractivity contribution in [2.75, 3.05) is 31.1 Å². The zero-order valence-electron chi connectivity index (χ0n) is 18.6. The number of nitrogens with zero attached hydrogens (tertiary/aromatic N) is 2. The largest absolute Gasteiger partial charge is 0.482 e. The van der Waals surface area contributed by atoms with Crippen LogP contribution in [-0.4, -0.2) is 49.0 Å². The molecule has 1 N–H and O–H groups in total. The van der Waals surface area contributed by atoms with Crippen molar-refractivity contribution >= 4 is 17.5 Å². The van der Waals surface area contributed by atoms with E-state index in [1.54, 1.807) is 0 Å². The highest BCUT2D eigenvalue weighted by Gasteiger charge is 2.32. The minimum Gasteiger partial charge on any atom is -0.482 e. The summed E-state index contributed by atoms with van der Waals surface area (Å²) in [5.41, 5.74) is 3.32. The number of hydrogen-bond acceptors (Lipinski definition) is 4. The maximum Gasteiger partial charge on any atom is 0.265 e. The number of amides is 2. The molecule has 2 aliphatic heterocycles. The van der Waals surface area contributed by atoms with E-state index in [4.69, 9.17) is 4.74 Å². The molecule has 6 nitrogen and oxygen atoms in total. The Hall–Kier alpha value is -2.86. The summed E-state index contributed by atoms with van der Waals surface area (Å²) in [5.74, 6) is 0.283. The van der Waals surface area contributed by atoms with Crippen LogP contribution in [0, 0.1) is 5.41 Å². The van der Waals surface area contributed by atoms with E-state index < -0.39 is 0 Å². The van der Waals surface area contributed by atoms with E-state index >= 15 is 0 Å². The first-order chi connectivity index (χ1) is 14.8. The van der Waals surface area contributed by atoms with Crippen molar-refractivity contribution < 1.29 is 14.3 Å². The monoisotopic (exact) mass is 421 g/mol. The van der Waals surface area contributed by atoms with Crippen LogP contribution in [0.25, 0.3) is 0 Å². The first kappa shape index (κ1) is 21.4. The summed E-state index contributed by atoms with van der Waals surface area (Å²) in [6.45, 7) is 9.04. The predicted octanol–water partition coefficient (Wildman–Crippen LogP) is 3.00. The van der Waals surface area contributed by atoms with Gasteiger partial charge in [0, 0.05) is 25.7 Å². The van der Waals surface area contributed by atoms with E-state index in [2.05, 4.69) is 55.3 Å². The molecule has 0 fully saturated rings. The summed E-state index contributed by atoms with van der Waals surface area (Å²) in [7, 11) is 0. The highest BCUT2D eigenvalue weighted by atomic mass is 16.5. The smallest absolute Gasteiger partial charge is 0.265 e. The predicted molar refractivity (Wildman–Crippen MR) is 121 cm³/mol. The van der Waals surface area contributed by atoms with Crippen LogP contribution in [0.2, 0.25) is 0 Å². The van der Waals surface area contributed by atoms with Crippen molar-refractivity contribution in [3.63, 3.8) is 0 Å². The van der Waals surface area contributed by atoms with Crippen molar-refractivity contribution in [3.05, 3.63) is 59.7 Å². The molecule has 2 heterocycles. The number of anilines is 1. The molecule has 0 aromatic heterocycles. The molecule has 0 bridgehead atoms. The summed E-state index contributed by atoms with van der Waals surface area (Å²) < 4.78 is 5.48. The number of fused-ring (bicyclic) bond motifs is 2. The standard InChI is InChI=1S/C25H31N3O3/c1-25(2,3)22(15-27-13-12-18-8-4-5-9-19(18)14-27)26-23(29)16-28-20-10-6-7-11-21(20)31-17-24(28)30/h4-11,22H,12-17H2,1-3H3,(H,26,29)/t22-/m1/s1. The van der Waals surface area contributed by atoms with Gasteiger partial charge in [-0.15, -0.1) is 0 Å². The molecular weight excluding hydrogens is 390 g/mol. The fourth-order valence-corrected chi connectivity index (χ4v) is 4.22. The molecule has 6 heteroatoms. The van der Waals surface area contributed by atoms with Crippen LogP contribution in [0.3, 0.4) is 0 Å². The van der Waals surface area contributed by atoms with Gasteiger partial charge in [0.2, 0.25) is 5.91 Å². The molecule has 2 aliphatic rings. The third kappa shape index (κ3) is 4.90. The van der Waals surface area contributed by atoms with Gasteiger partial charge in [0.15, 0.2) is 6.61 Å². The lowest BCUT2D eigenvalue weighted by Gasteiger charge is -2.38. The number of nitrogens with one attached hydrogen (secondary N) is 1. The van der Waals surface area contributed by atoms with Gasteiger partial charge in [0.25, 0.3) is 5.91 Å². The fourth-order valence-electron chi connectivity index (χ4n) is 4.22. The molecule has 0 spiro atoms. The van der Waals surface area contributed by atoms with Crippen LogP contribution in [0.15, 0.2) is 48.5 Å². The lowest BCUT2D eigenvalue weighted by molar-refractivity contribution is -0.126. The molecule has 0 saturated carbocycles. The lowest BCUT2D eigenvalue weighted by Crippen LogP contribution is -2.54. The van der Waals surface area contributed by atoms with E-state index in [0.717, 1.165) is 26.1 Å². The van der Waals surface area contributed by atoms with Gasteiger partial charge in [-0.05, 0) is 35.1 Å². The highest BCUT2D eigenvalue weighted by Crippen LogP contribution is 2.31. The maximum absolute atomic E-state index is 13.0. The molecule has 0 saturated heterocycles. The Kier molecular flexibility index (Phi) is 6.01. The Bertz CT molecular complexity index is 966. The second-order valence-corrected chi connectivity index (χ2v) is 9.48. The third-order valence-electron chi connectivity index (χ3n) is 6.14. The summed E-state index contributed by atoms with van der Waals surface area (Å²) in [4.78, 5) is 29.4. The lowest BCUT2D eigenvalue weighted by atomic mass is 9.85. The Balaban J connectivity index is 1.43. The zero-order chi connectivity index (χ0) is 22.0.